The molecule has 104 valence electrons. The van der Waals surface area contributed by atoms with Crippen LogP contribution in [0.15, 0.2) is 33.9 Å². The van der Waals surface area contributed by atoms with Crippen molar-refractivity contribution in [2.45, 2.75) is 26.3 Å². The Morgan fingerprint density at radius 1 is 1.53 bits per heavy atom. The molecule has 0 spiro atoms. The van der Waals surface area contributed by atoms with Crippen LogP contribution in [0, 0.1) is 5.92 Å². The van der Waals surface area contributed by atoms with Gasteiger partial charge in [0, 0.05) is 4.47 Å². The number of benzene rings is 1. The molecule has 1 amide bonds. The molecule has 0 aliphatic rings. The minimum Gasteiger partial charge on any atom is -0.409 e. The number of hydrogen-bond acceptors (Lipinski definition) is 3. The summed E-state index contributed by atoms with van der Waals surface area (Å²) in [7, 11) is 0. The molecule has 1 unspecified atom stereocenters. The summed E-state index contributed by atoms with van der Waals surface area (Å²) in [4.78, 5) is 11.9. The fourth-order valence-electron chi connectivity index (χ4n) is 1.70. The van der Waals surface area contributed by atoms with Gasteiger partial charge in [-0.2, -0.15) is 0 Å². The van der Waals surface area contributed by atoms with Crippen LogP contribution in [0.25, 0.3) is 0 Å². The highest BCUT2D eigenvalue weighted by Crippen LogP contribution is 2.12. The Balaban J connectivity index is 2.68. The molecule has 19 heavy (non-hydrogen) atoms. The van der Waals surface area contributed by atoms with Gasteiger partial charge in [0.2, 0.25) is 5.91 Å². The number of oxime groups is 1. The lowest BCUT2D eigenvalue weighted by Crippen LogP contribution is -2.48. The molecule has 0 aliphatic heterocycles. The zero-order chi connectivity index (χ0) is 14.4. The first-order valence-electron chi connectivity index (χ1n) is 5.95. The Morgan fingerprint density at radius 2 is 2.21 bits per heavy atom. The third-order valence-electron chi connectivity index (χ3n) is 2.67. The Morgan fingerprint density at radius 3 is 2.74 bits per heavy atom. The molecule has 4 N–H and O–H groups in total. The molecule has 0 heterocycles. The Labute approximate surface area is 121 Å². The smallest absolute Gasteiger partial charge is 0.225 e. The fourth-order valence-corrected chi connectivity index (χ4v) is 2.15. The van der Waals surface area contributed by atoms with E-state index in [4.69, 9.17) is 10.9 Å². The molecule has 0 saturated heterocycles. The van der Waals surface area contributed by atoms with Crippen LogP contribution in [0.5, 0.6) is 0 Å². The van der Waals surface area contributed by atoms with Gasteiger partial charge in [0.15, 0.2) is 5.84 Å². The van der Waals surface area contributed by atoms with Gasteiger partial charge in [-0.15, -0.1) is 0 Å². The molecule has 0 radical (unpaired) electrons. The van der Waals surface area contributed by atoms with Gasteiger partial charge in [0.25, 0.3) is 0 Å². The molecular weight excluding hydrogens is 310 g/mol. The zero-order valence-electron chi connectivity index (χ0n) is 10.9. The van der Waals surface area contributed by atoms with Crippen LogP contribution in [0.4, 0.5) is 0 Å². The maximum absolute atomic E-state index is 11.9. The van der Waals surface area contributed by atoms with E-state index in [9.17, 15) is 4.79 Å². The van der Waals surface area contributed by atoms with Crippen molar-refractivity contribution < 1.29 is 10.0 Å². The number of carbonyl (C=O) groups is 1. The predicted molar refractivity (Wildman–Crippen MR) is 78.0 cm³/mol. The molecule has 0 fully saturated rings. The SMILES string of the molecule is CC(C)C(NC(=O)Cc1cccc(Br)c1)C(N)=NO. The van der Waals surface area contributed by atoms with Gasteiger partial charge >= 0.3 is 0 Å². The summed E-state index contributed by atoms with van der Waals surface area (Å²) in [5, 5.41) is 14.4. The highest BCUT2D eigenvalue weighted by Gasteiger charge is 2.20. The molecule has 0 saturated carbocycles. The van der Waals surface area contributed by atoms with Crippen molar-refractivity contribution in [3.8, 4) is 0 Å². The predicted octanol–water partition coefficient (Wildman–Crippen LogP) is 1.88. The standard InChI is InChI=1S/C13H18BrN3O2/c1-8(2)12(13(15)17-19)16-11(18)7-9-4-3-5-10(14)6-9/h3-6,8,12,19H,7H2,1-2H3,(H2,15,17)(H,16,18). The quantitative estimate of drug-likeness (QED) is 0.334. The largest absolute Gasteiger partial charge is 0.409 e. The summed E-state index contributed by atoms with van der Waals surface area (Å²) in [5.41, 5.74) is 6.46. The van der Waals surface area contributed by atoms with E-state index in [1.165, 1.54) is 0 Å². The van der Waals surface area contributed by atoms with Crippen LogP contribution >= 0.6 is 15.9 Å². The third kappa shape index (κ3) is 4.90. The Hall–Kier alpha value is -1.56. The van der Waals surface area contributed by atoms with E-state index in [0.717, 1.165) is 10.0 Å². The maximum Gasteiger partial charge on any atom is 0.225 e. The van der Waals surface area contributed by atoms with Crippen LogP contribution in [-0.4, -0.2) is 23.0 Å². The van der Waals surface area contributed by atoms with E-state index in [2.05, 4.69) is 26.4 Å². The number of amides is 1. The maximum atomic E-state index is 11.9. The monoisotopic (exact) mass is 327 g/mol. The Bertz CT molecular complexity index is 475. The highest BCUT2D eigenvalue weighted by atomic mass is 79.9. The summed E-state index contributed by atoms with van der Waals surface area (Å²) in [6.45, 7) is 3.78. The van der Waals surface area contributed by atoms with E-state index in [-0.39, 0.29) is 24.1 Å². The number of hydrogen-bond donors (Lipinski definition) is 3. The molecule has 1 aromatic carbocycles. The van der Waals surface area contributed by atoms with E-state index >= 15 is 0 Å². The minimum absolute atomic E-state index is 0.0117. The van der Waals surface area contributed by atoms with E-state index in [0.29, 0.717) is 0 Å². The third-order valence-corrected chi connectivity index (χ3v) is 3.16. The minimum atomic E-state index is -0.468. The number of nitrogens with one attached hydrogen (secondary N) is 1. The van der Waals surface area contributed by atoms with Crippen molar-refractivity contribution in [2.75, 3.05) is 0 Å². The average molecular weight is 328 g/mol. The van der Waals surface area contributed by atoms with Gasteiger partial charge in [0.1, 0.15) is 0 Å². The van der Waals surface area contributed by atoms with Crippen molar-refractivity contribution >= 4 is 27.7 Å². The molecule has 5 nitrogen and oxygen atoms in total. The van der Waals surface area contributed by atoms with Crippen LogP contribution in [0.3, 0.4) is 0 Å². The van der Waals surface area contributed by atoms with Crippen molar-refractivity contribution in [1.29, 1.82) is 0 Å². The van der Waals surface area contributed by atoms with Crippen LogP contribution < -0.4 is 11.1 Å². The molecule has 0 aliphatic carbocycles. The summed E-state index contributed by atoms with van der Waals surface area (Å²) >= 11 is 3.36. The lowest BCUT2D eigenvalue weighted by Gasteiger charge is -2.20. The lowest BCUT2D eigenvalue weighted by molar-refractivity contribution is -0.121. The topological polar surface area (TPSA) is 87.7 Å². The number of carbonyl (C=O) groups excluding carboxylic acids is 1. The van der Waals surface area contributed by atoms with Crippen LogP contribution in [0.1, 0.15) is 19.4 Å². The molecule has 6 heteroatoms. The van der Waals surface area contributed by atoms with Crippen molar-refractivity contribution in [3.63, 3.8) is 0 Å². The van der Waals surface area contributed by atoms with Gasteiger partial charge in [-0.05, 0) is 23.6 Å². The fraction of sp³-hybridized carbons (Fsp3) is 0.385. The second-order valence-electron chi connectivity index (χ2n) is 4.62. The van der Waals surface area contributed by atoms with Crippen LogP contribution in [0.2, 0.25) is 0 Å². The summed E-state index contributed by atoms with van der Waals surface area (Å²) in [5.74, 6) is -0.108. The molecule has 1 rings (SSSR count). The second-order valence-corrected chi connectivity index (χ2v) is 5.54. The molecular formula is C13H18BrN3O2. The normalized spacial score (nSPS) is 13.4. The first-order valence-corrected chi connectivity index (χ1v) is 6.74. The van der Waals surface area contributed by atoms with E-state index < -0.39 is 6.04 Å². The summed E-state index contributed by atoms with van der Waals surface area (Å²) in [6, 6.07) is 7.06. The number of nitrogens with zero attached hydrogens (tertiary/aromatic N) is 1. The number of amidine groups is 1. The Kier molecular flexibility index (Phi) is 5.82. The number of rotatable bonds is 5. The molecule has 1 aromatic rings. The lowest BCUT2D eigenvalue weighted by atomic mass is 10.0. The van der Waals surface area contributed by atoms with Crippen LogP contribution in [-0.2, 0) is 11.2 Å². The number of halogens is 1. The van der Waals surface area contributed by atoms with E-state index in [1.807, 2.05) is 38.1 Å². The molecule has 0 aromatic heterocycles. The zero-order valence-corrected chi connectivity index (χ0v) is 12.5. The summed E-state index contributed by atoms with van der Waals surface area (Å²) in [6.07, 6.45) is 0.251. The van der Waals surface area contributed by atoms with Gasteiger partial charge in [-0.25, -0.2) is 0 Å². The van der Waals surface area contributed by atoms with Crippen molar-refractivity contribution in [1.82, 2.24) is 5.32 Å². The molecule has 0 bridgehead atoms. The highest BCUT2D eigenvalue weighted by molar-refractivity contribution is 9.10. The van der Waals surface area contributed by atoms with E-state index in [1.54, 1.807) is 0 Å². The first kappa shape index (κ1) is 15.5. The number of nitrogens with two attached hydrogens (primary N) is 1. The van der Waals surface area contributed by atoms with Crippen molar-refractivity contribution in [3.05, 3.63) is 34.3 Å². The summed E-state index contributed by atoms with van der Waals surface area (Å²) < 4.78 is 0.926. The van der Waals surface area contributed by atoms with Crippen molar-refractivity contribution in [2.24, 2.45) is 16.8 Å². The first-order chi connectivity index (χ1) is 8.93. The van der Waals surface area contributed by atoms with Gasteiger partial charge in [0.05, 0.1) is 12.5 Å². The second kappa shape index (κ2) is 7.13. The van der Waals surface area contributed by atoms with Gasteiger partial charge < -0.3 is 16.3 Å². The van der Waals surface area contributed by atoms with Gasteiger partial charge in [-0.1, -0.05) is 47.1 Å². The van der Waals surface area contributed by atoms with Gasteiger partial charge in [-0.3, -0.25) is 4.79 Å². The molecule has 1 atom stereocenters. The average Bonchev–Trinajstić information content (AvgIpc) is 2.34.